The molecule has 6 aliphatic rings. The standard InChI is InChI=1S/C43H61NO10/c1-9-51-34(46)26-11-10-20-44(23-26)32-13-14-40(5)31(43(32,8)36(49)52-24-30-25(2)53-37(50)54-30)12-15-42(7)33(40)29(45)21-27-28-22-39(4,35(47)48)17-16-38(28,3)18-19-41(27,42)6/h21,26,28,31-33H,9-20,22-24H2,1-8H3,(H,47,48)/t26-,28-,31+,32-,33+,38+,39-,40-,41+,42+,43-/m0/s1. The lowest BCUT2D eigenvalue weighted by Gasteiger charge is -2.71. The number of aryl methyl sites for hydroxylation is 1. The number of allylic oxidation sites excluding steroid dienone is 2. The second-order valence-corrected chi connectivity index (χ2v) is 19.5. The third kappa shape index (κ3) is 5.62. The Morgan fingerprint density at radius 2 is 1.65 bits per heavy atom. The van der Waals surface area contributed by atoms with Crippen molar-refractivity contribution in [1.82, 2.24) is 4.90 Å². The average molecular weight is 752 g/mol. The van der Waals surface area contributed by atoms with Gasteiger partial charge in [0.2, 0.25) is 0 Å². The maximum absolute atomic E-state index is 15.0. The first kappa shape index (κ1) is 39.0. The maximum atomic E-state index is 15.0. The van der Waals surface area contributed by atoms with Crippen molar-refractivity contribution in [3.05, 3.63) is 33.8 Å². The Hall–Kier alpha value is -3.21. The van der Waals surface area contributed by atoms with Gasteiger partial charge in [0, 0.05) is 18.5 Å². The zero-order valence-electron chi connectivity index (χ0n) is 33.6. The Balaban J connectivity index is 1.27. The van der Waals surface area contributed by atoms with Gasteiger partial charge in [-0.3, -0.25) is 24.1 Å². The third-order valence-corrected chi connectivity index (χ3v) is 16.9. The summed E-state index contributed by atoms with van der Waals surface area (Å²) in [6.45, 7) is 17.8. The predicted molar refractivity (Wildman–Crippen MR) is 198 cm³/mol. The molecule has 1 saturated heterocycles. The van der Waals surface area contributed by atoms with Crippen LogP contribution in [0.25, 0.3) is 0 Å². The summed E-state index contributed by atoms with van der Waals surface area (Å²) in [5.41, 5.74) is -2.01. The molecule has 11 heteroatoms. The van der Waals surface area contributed by atoms with Gasteiger partial charge in [0.1, 0.15) is 0 Å². The number of hydrogen-bond acceptors (Lipinski definition) is 10. The molecule has 7 rings (SSSR count). The molecule has 0 unspecified atom stereocenters. The van der Waals surface area contributed by atoms with Crippen LogP contribution in [-0.2, 0) is 35.3 Å². The number of nitrogens with zero attached hydrogens (tertiary/aromatic N) is 1. The van der Waals surface area contributed by atoms with Gasteiger partial charge in [-0.2, -0.15) is 0 Å². The zero-order valence-corrected chi connectivity index (χ0v) is 33.6. The fraction of sp³-hybridized carbons (Fsp3) is 0.791. The highest BCUT2D eigenvalue weighted by molar-refractivity contribution is 5.96. The summed E-state index contributed by atoms with van der Waals surface area (Å²) in [7, 11) is 0. The van der Waals surface area contributed by atoms with E-state index < -0.39 is 39.4 Å². The number of ether oxygens (including phenoxy) is 2. The molecule has 298 valence electrons. The molecule has 5 fully saturated rings. The number of rotatable bonds is 7. The number of hydrogen-bond donors (Lipinski definition) is 1. The van der Waals surface area contributed by atoms with Crippen molar-refractivity contribution in [2.75, 3.05) is 19.7 Å². The van der Waals surface area contributed by atoms with E-state index in [9.17, 15) is 24.3 Å². The summed E-state index contributed by atoms with van der Waals surface area (Å²) in [6, 6.07) is -0.242. The quantitative estimate of drug-likeness (QED) is 0.280. The molecule has 54 heavy (non-hydrogen) atoms. The van der Waals surface area contributed by atoms with Gasteiger partial charge in [0.25, 0.3) is 0 Å². The molecule has 0 spiro atoms. The maximum Gasteiger partial charge on any atom is 0.519 e. The van der Waals surface area contributed by atoms with E-state index in [0.717, 1.165) is 57.1 Å². The molecule has 4 saturated carbocycles. The van der Waals surface area contributed by atoms with Gasteiger partial charge in [-0.25, -0.2) is 4.79 Å². The van der Waals surface area contributed by atoms with E-state index in [1.807, 2.05) is 26.8 Å². The summed E-state index contributed by atoms with van der Waals surface area (Å²) >= 11 is 0. The Morgan fingerprint density at radius 1 is 0.926 bits per heavy atom. The van der Waals surface area contributed by atoms with Crippen molar-refractivity contribution in [2.24, 2.45) is 56.2 Å². The Morgan fingerprint density at radius 3 is 2.31 bits per heavy atom. The average Bonchev–Trinajstić information content (AvgIpc) is 3.44. The van der Waals surface area contributed by atoms with Gasteiger partial charge < -0.3 is 23.4 Å². The largest absolute Gasteiger partial charge is 0.519 e. The van der Waals surface area contributed by atoms with Crippen molar-refractivity contribution < 1.29 is 42.6 Å². The van der Waals surface area contributed by atoms with Gasteiger partial charge in [0.05, 0.1) is 23.4 Å². The van der Waals surface area contributed by atoms with Crippen LogP contribution in [0.4, 0.5) is 0 Å². The highest BCUT2D eigenvalue weighted by Gasteiger charge is 2.72. The Kier molecular flexibility index (Phi) is 9.54. The summed E-state index contributed by atoms with van der Waals surface area (Å²) in [6.07, 6.45) is 10.3. The van der Waals surface area contributed by atoms with E-state index in [-0.39, 0.29) is 70.4 Å². The number of carbonyl (C=O) groups excluding carboxylic acids is 3. The molecule has 11 nitrogen and oxygen atoms in total. The van der Waals surface area contributed by atoms with Crippen LogP contribution < -0.4 is 5.82 Å². The van der Waals surface area contributed by atoms with Gasteiger partial charge in [-0.1, -0.05) is 33.3 Å². The number of esters is 2. The van der Waals surface area contributed by atoms with Crippen molar-refractivity contribution in [3.8, 4) is 0 Å². The second kappa shape index (κ2) is 13.2. The van der Waals surface area contributed by atoms with Crippen LogP contribution in [0.5, 0.6) is 0 Å². The van der Waals surface area contributed by atoms with Gasteiger partial charge in [-0.15, -0.1) is 0 Å². The number of piperidine rings is 1. The third-order valence-electron chi connectivity index (χ3n) is 16.9. The van der Waals surface area contributed by atoms with Crippen molar-refractivity contribution in [2.45, 2.75) is 139 Å². The highest BCUT2D eigenvalue weighted by Crippen LogP contribution is 2.75. The lowest BCUT2D eigenvalue weighted by molar-refractivity contribution is -0.213. The molecule has 0 bridgehead atoms. The predicted octanol–water partition coefficient (Wildman–Crippen LogP) is 7.27. The number of ketones is 1. The van der Waals surface area contributed by atoms with Crippen LogP contribution in [0.3, 0.4) is 0 Å². The van der Waals surface area contributed by atoms with Crippen LogP contribution >= 0.6 is 0 Å². The van der Waals surface area contributed by atoms with Crippen LogP contribution in [0.1, 0.15) is 131 Å². The number of carboxylic acid groups (broad SMARTS) is 1. The smallest absolute Gasteiger partial charge is 0.481 e. The molecule has 1 aromatic heterocycles. The monoisotopic (exact) mass is 751 g/mol. The fourth-order valence-corrected chi connectivity index (χ4v) is 13.4. The van der Waals surface area contributed by atoms with E-state index in [2.05, 4.69) is 32.6 Å². The van der Waals surface area contributed by atoms with Gasteiger partial charge in [0.15, 0.2) is 23.9 Å². The van der Waals surface area contributed by atoms with Gasteiger partial charge >= 0.3 is 23.7 Å². The molecule has 0 radical (unpaired) electrons. The molecular weight excluding hydrogens is 690 g/mol. The minimum Gasteiger partial charge on any atom is -0.481 e. The van der Waals surface area contributed by atoms with Gasteiger partial charge in [-0.05, 0) is 144 Å². The summed E-state index contributed by atoms with van der Waals surface area (Å²) in [5, 5.41) is 10.3. The lowest BCUT2D eigenvalue weighted by atomic mass is 9.33. The highest BCUT2D eigenvalue weighted by atomic mass is 16.6. The summed E-state index contributed by atoms with van der Waals surface area (Å²) in [4.78, 5) is 69.6. The number of fused-ring (bicyclic) bond motifs is 7. The first-order chi connectivity index (χ1) is 25.3. The molecule has 11 atom stereocenters. The fourth-order valence-electron chi connectivity index (χ4n) is 13.4. The lowest BCUT2D eigenvalue weighted by Crippen LogP contribution is -2.70. The molecule has 2 heterocycles. The molecule has 5 aliphatic carbocycles. The number of carbonyl (C=O) groups is 4. The van der Waals surface area contributed by atoms with Crippen LogP contribution in [-0.4, -0.2) is 59.4 Å². The van der Waals surface area contributed by atoms with Crippen molar-refractivity contribution in [1.29, 1.82) is 0 Å². The zero-order chi connectivity index (χ0) is 39.2. The Labute approximate surface area is 318 Å². The van der Waals surface area contributed by atoms with Crippen LogP contribution in [0.2, 0.25) is 0 Å². The number of carboxylic acids is 1. The molecular formula is C43H61NO10. The molecule has 1 aromatic rings. The van der Waals surface area contributed by atoms with E-state index in [1.165, 1.54) is 0 Å². The SMILES string of the molecule is CCOC(=O)[C@H]1CCCN([C@H]2CC[C@@]3(C)[C@@H](CC[C@]4(C)[C@@H]3C(=O)C=C3[C@@H]5C[C@@](C)(C(=O)O)CC[C@]5(C)CC[C@]34C)[C@]2(C)C(=O)OCc2oc(=O)oc2C)C1. The molecule has 0 aromatic carbocycles. The first-order valence-electron chi connectivity index (χ1n) is 20.4. The minimum absolute atomic E-state index is 0.0206. The number of likely N-dealkylation sites (tertiary alicyclic amines) is 1. The topological polar surface area (TPSA) is 154 Å². The summed E-state index contributed by atoms with van der Waals surface area (Å²) < 4.78 is 21.8. The normalized spacial score (nSPS) is 43.4. The van der Waals surface area contributed by atoms with E-state index >= 15 is 4.79 Å². The summed E-state index contributed by atoms with van der Waals surface area (Å²) in [5.74, 6) is -2.49. The number of aliphatic carboxylic acids is 1. The van der Waals surface area contributed by atoms with Crippen molar-refractivity contribution in [3.63, 3.8) is 0 Å². The van der Waals surface area contributed by atoms with E-state index in [4.69, 9.17) is 18.3 Å². The van der Waals surface area contributed by atoms with Crippen LogP contribution in [0, 0.1) is 63.1 Å². The molecule has 1 aliphatic heterocycles. The minimum atomic E-state index is -1.05. The first-order valence-corrected chi connectivity index (χ1v) is 20.4. The van der Waals surface area contributed by atoms with Crippen molar-refractivity contribution >= 4 is 23.7 Å². The van der Waals surface area contributed by atoms with E-state index in [0.29, 0.717) is 38.8 Å². The van der Waals surface area contributed by atoms with Crippen LogP contribution in [0.15, 0.2) is 25.3 Å². The molecule has 0 amide bonds. The van der Waals surface area contributed by atoms with E-state index in [1.54, 1.807) is 6.92 Å². The second-order valence-electron chi connectivity index (χ2n) is 19.5. The Bertz CT molecular complexity index is 1810. The molecule has 1 N–H and O–H groups in total.